The first-order valence-electron chi connectivity index (χ1n) is 10.0. The van der Waals surface area contributed by atoms with E-state index < -0.39 is 0 Å². The van der Waals surface area contributed by atoms with Gasteiger partial charge in [-0.3, -0.25) is 9.48 Å². The fourth-order valence-corrected chi connectivity index (χ4v) is 3.41. The van der Waals surface area contributed by atoms with E-state index in [1.54, 1.807) is 16.8 Å². The van der Waals surface area contributed by atoms with Gasteiger partial charge >= 0.3 is 0 Å². The minimum atomic E-state index is -0.370. The minimum absolute atomic E-state index is 0.264. The van der Waals surface area contributed by atoms with Crippen LogP contribution in [0.15, 0.2) is 78.9 Å². The summed E-state index contributed by atoms with van der Waals surface area (Å²) in [6.07, 6.45) is 0. The molecule has 1 amide bonds. The van der Waals surface area contributed by atoms with Gasteiger partial charge in [0, 0.05) is 22.0 Å². The Kier molecular flexibility index (Phi) is 6.52. The van der Waals surface area contributed by atoms with Crippen molar-refractivity contribution in [3.05, 3.63) is 112 Å². The highest BCUT2D eigenvalue weighted by Gasteiger charge is 2.15. The van der Waals surface area contributed by atoms with Crippen LogP contribution in [0.1, 0.15) is 27.3 Å². The van der Waals surface area contributed by atoms with Gasteiger partial charge in [0.1, 0.15) is 18.2 Å². The zero-order chi connectivity index (χ0) is 22.5. The monoisotopic (exact) mass is 449 g/mol. The molecule has 0 atom stereocenters. The van der Waals surface area contributed by atoms with E-state index in [1.807, 2.05) is 49.4 Å². The van der Waals surface area contributed by atoms with E-state index in [9.17, 15) is 9.18 Å². The number of carbonyl (C=O) groups is 1. The molecular formula is C25H21ClFN3O2. The van der Waals surface area contributed by atoms with Gasteiger partial charge in [-0.2, -0.15) is 5.10 Å². The maximum Gasteiger partial charge on any atom is 0.276 e. The number of benzene rings is 3. The molecule has 0 fully saturated rings. The third-order valence-corrected chi connectivity index (χ3v) is 5.13. The predicted molar refractivity (Wildman–Crippen MR) is 123 cm³/mol. The number of aryl methyl sites for hydroxylation is 1. The van der Waals surface area contributed by atoms with Crippen molar-refractivity contribution in [1.29, 1.82) is 0 Å². The largest absolute Gasteiger partial charge is 0.489 e. The number of nitrogens with one attached hydrogen (secondary N) is 1. The van der Waals surface area contributed by atoms with Crippen LogP contribution in [0.4, 0.5) is 10.1 Å². The van der Waals surface area contributed by atoms with Gasteiger partial charge in [0.2, 0.25) is 0 Å². The molecule has 7 heteroatoms. The summed E-state index contributed by atoms with van der Waals surface area (Å²) in [6.45, 7) is 2.69. The van der Waals surface area contributed by atoms with E-state index in [0.29, 0.717) is 29.6 Å². The van der Waals surface area contributed by atoms with Gasteiger partial charge < -0.3 is 10.1 Å². The predicted octanol–water partition coefficient (Wildman–Crippen LogP) is 5.86. The number of carbonyl (C=O) groups excluding carboxylic acids is 1. The Hall–Kier alpha value is -3.64. The molecule has 0 saturated carbocycles. The maximum absolute atomic E-state index is 13.1. The van der Waals surface area contributed by atoms with E-state index in [2.05, 4.69) is 10.4 Å². The molecule has 0 radical (unpaired) electrons. The summed E-state index contributed by atoms with van der Waals surface area (Å²) >= 11 is 6.22. The molecule has 0 unspecified atom stereocenters. The van der Waals surface area contributed by atoms with Crippen molar-refractivity contribution in [2.75, 3.05) is 5.32 Å². The minimum Gasteiger partial charge on any atom is -0.489 e. The summed E-state index contributed by atoms with van der Waals surface area (Å²) in [5, 5.41) is 7.75. The summed E-state index contributed by atoms with van der Waals surface area (Å²) in [4.78, 5) is 12.6. The van der Waals surface area contributed by atoms with Crippen LogP contribution < -0.4 is 10.1 Å². The molecule has 0 aliphatic heterocycles. The highest BCUT2D eigenvalue weighted by Crippen LogP contribution is 2.25. The first-order chi connectivity index (χ1) is 15.5. The van der Waals surface area contributed by atoms with Crippen LogP contribution in [0.2, 0.25) is 5.02 Å². The fourth-order valence-electron chi connectivity index (χ4n) is 3.22. The third-order valence-electron chi connectivity index (χ3n) is 4.90. The van der Waals surface area contributed by atoms with Crippen LogP contribution in [-0.4, -0.2) is 15.7 Å². The number of aromatic nitrogens is 2. The van der Waals surface area contributed by atoms with E-state index >= 15 is 0 Å². The Balaban J connectivity index is 1.50. The Morgan fingerprint density at radius 2 is 1.81 bits per heavy atom. The van der Waals surface area contributed by atoms with E-state index in [4.69, 9.17) is 16.3 Å². The quantitative estimate of drug-likeness (QED) is 0.384. The van der Waals surface area contributed by atoms with Gasteiger partial charge in [-0.05, 0) is 61.0 Å². The van der Waals surface area contributed by atoms with Crippen molar-refractivity contribution < 1.29 is 13.9 Å². The molecule has 3 aromatic carbocycles. The molecule has 0 spiro atoms. The SMILES string of the molecule is Cc1cc(C(=O)Nc2ccc(F)cc2)nn1Cc1cc(Cl)ccc1OCc1ccccc1. The summed E-state index contributed by atoms with van der Waals surface area (Å²) in [7, 11) is 0. The molecule has 4 rings (SSSR count). The Morgan fingerprint density at radius 3 is 2.56 bits per heavy atom. The number of hydrogen-bond acceptors (Lipinski definition) is 3. The van der Waals surface area contributed by atoms with Crippen molar-refractivity contribution >= 4 is 23.2 Å². The number of hydrogen-bond donors (Lipinski definition) is 1. The summed E-state index contributed by atoms with van der Waals surface area (Å²) < 4.78 is 20.8. The van der Waals surface area contributed by atoms with Crippen molar-refractivity contribution in [2.45, 2.75) is 20.1 Å². The molecule has 4 aromatic rings. The van der Waals surface area contributed by atoms with Gasteiger partial charge in [0.25, 0.3) is 5.91 Å². The molecular weight excluding hydrogens is 429 g/mol. The van der Waals surface area contributed by atoms with Gasteiger partial charge in [-0.25, -0.2) is 4.39 Å². The topological polar surface area (TPSA) is 56.2 Å². The van der Waals surface area contributed by atoms with Gasteiger partial charge in [0.05, 0.1) is 6.54 Å². The average Bonchev–Trinajstić information content (AvgIpc) is 3.16. The maximum atomic E-state index is 13.1. The average molecular weight is 450 g/mol. The second-order valence-electron chi connectivity index (χ2n) is 7.32. The molecule has 0 saturated heterocycles. The number of nitrogens with zero attached hydrogens (tertiary/aromatic N) is 2. The van der Waals surface area contributed by atoms with Crippen LogP contribution in [-0.2, 0) is 13.2 Å². The van der Waals surface area contributed by atoms with Crippen LogP contribution >= 0.6 is 11.6 Å². The Bertz CT molecular complexity index is 1220. The molecule has 0 bridgehead atoms. The van der Waals surface area contributed by atoms with Crippen LogP contribution in [0.5, 0.6) is 5.75 Å². The van der Waals surface area contributed by atoms with Crippen LogP contribution in [0.25, 0.3) is 0 Å². The molecule has 5 nitrogen and oxygen atoms in total. The van der Waals surface area contributed by atoms with E-state index in [1.165, 1.54) is 24.3 Å². The Morgan fingerprint density at radius 1 is 1.06 bits per heavy atom. The lowest BCUT2D eigenvalue weighted by atomic mass is 10.2. The third kappa shape index (κ3) is 5.34. The smallest absolute Gasteiger partial charge is 0.276 e. The lowest BCUT2D eigenvalue weighted by molar-refractivity contribution is 0.102. The first-order valence-corrected chi connectivity index (χ1v) is 10.4. The molecule has 1 aromatic heterocycles. The molecule has 0 aliphatic rings. The molecule has 162 valence electrons. The molecule has 32 heavy (non-hydrogen) atoms. The number of halogens is 2. The summed E-state index contributed by atoms with van der Waals surface area (Å²) in [5.74, 6) is -0.0366. The van der Waals surface area contributed by atoms with Crippen molar-refractivity contribution in [3.8, 4) is 5.75 Å². The normalized spacial score (nSPS) is 10.7. The van der Waals surface area contributed by atoms with Gasteiger partial charge in [-0.15, -0.1) is 0 Å². The standard InChI is InChI=1S/C25H21ClFN3O2/c1-17-13-23(25(31)28-22-10-8-21(27)9-11-22)29-30(17)15-19-14-20(26)7-12-24(19)32-16-18-5-3-2-4-6-18/h2-14H,15-16H2,1H3,(H,28,31). The van der Waals surface area contributed by atoms with Crippen LogP contribution in [0.3, 0.4) is 0 Å². The van der Waals surface area contributed by atoms with Crippen molar-refractivity contribution in [2.24, 2.45) is 0 Å². The van der Waals surface area contributed by atoms with Crippen molar-refractivity contribution in [1.82, 2.24) is 9.78 Å². The van der Waals surface area contributed by atoms with Crippen molar-refractivity contribution in [3.63, 3.8) is 0 Å². The molecule has 1 heterocycles. The van der Waals surface area contributed by atoms with E-state index in [-0.39, 0.29) is 17.4 Å². The lowest BCUT2D eigenvalue weighted by Gasteiger charge is -2.13. The number of ether oxygens (including phenoxy) is 1. The summed E-state index contributed by atoms with van der Waals surface area (Å²) in [5.41, 5.74) is 3.48. The highest BCUT2D eigenvalue weighted by atomic mass is 35.5. The number of rotatable bonds is 7. The van der Waals surface area contributed by atoms with Crippen LogP contribution in [0, 0.1) is 12.7 Å². The highest BCUT2D eigenvalue weighted by molar-refractivity contribution is 6.30. The fraction of sp³-hybridized carbons (Fsp3) is 0.120. The zero-order valence-electron chi connectivity index (χ0n) is 17.4. The lowest BCUT2D eigenvalue weighted by Crippen LogP contribution is -2.14. The summed E-state index contributed by atoms with van der Waals surface area (Å²) in [6, 6.07) is 22.6. The second kappa shape index (κ2) is 9.66. The number of anilines is 1. The first kappa shape index (κ1) is 21.6. The van der Waals surface area contributed by atoms with E-state index in [0.717, 1.165) is 16.8 Å². The second-order valence-corrected chi connectivity index (χ2v) is 7.75. The molecule has 1 N–H and O–H groups in total. The van der Waals surface area contributed by atoms with Gasteiger partial charge in [0.15, 0.2) is 5.69 Å². The van der Waals surface area contributed by atoms with Gasteiger partial charge in [-0.1, -0.05) is 41.9 Å². The number of amides is 1. The Labute approximate surface area is 190 Å². The molecule has 0 aliphatic carbocycles. The zero-order valence-corrected chi connectivity index (χ0v) is 18.1.